The van der Waals surface area contributed by atoms with Crippen LogP contribution in [0.1, 0.15) is 42.6 Å². The lowest BCUT2D eigenvalue weighted by atomic mass is 10.1. The van der Waals surface area contributed by atoms with Crippen LogP contribution in [-0.2, 0) is 4.79 Å². The zero-order valence-electron chi connectivity index (χ0n) is 13.5. The standard InChI is InChI=1S/C17H18N4OS2/c1-3-11(4-2)16-20-21-17(24-16)19-14(22)9-10-15-18-12-7-5-6-8-13(12)23-15/h5-11H,3-4H2,1-2H3,(H,19,21,22). The van der Waals surface area contributed by atoms with Crippen molar-refractivity contribution in [1.29, 1.82) is 0 Å². The summed E-state index contributed by atoms with van der Waals surface area (Å²) in [5.74, 6) is 0.188. The summed E-state index contributed by atoms with van der Waals surface area (Å²) in [6, 6.07) is 7.91. The van der Waals surface area contributed by atoms with E-state index < -0.39 is 0 Å². The van der Waals surface area contributed by atoms with E-state index in [0.717, 1.165) is 33.1 Å². The number of anilines is 1. The van der Waals surface area contributed by atoms with Crippen molar-refractivity contribution in [2.45, 2.75) is 32.6 Å². The van der Waals surface area contributed by atoms with Crippen LogP contribution >= 0.6 is 22.7 Å². The van der Waals surface area contributed by atoms with E-state index in [0.29, 0.717) is 11.0 Å². The Balaban J connectivity index is 1.64. The highest BCUT2D eigenvalue weighted by molar-refractivity contribution is 7.19. The molecule has 124 valence electrons. The molecule has 0 fully saturated rings. The molecule has 3 rings (SSSR count). The second kappa shape index (κ2) is 7.63. The number of thiazole rings is 1. The number of aromatic nitrogens is 3. The van der Waals surface area contributed by atoms with Crippen LogP contribution in [0.5, 0.6) is 0 Å². The van der Waals surface area contributed by atoms with Crippen LogP contribution in [0.3, 0.4) is 0 Å². The fourth-order valence-electron chi connectivity index (χ4n) is 2.34. The van der Waals surface area contributed by atoms with Gasteiger partial charge in [0.15, 0.2) is 0 Å². The molecular weight excluding hydrogens is 340 g/mol. The Morgan fingerprint density at radius 1 is 1.21 bits per heavy atom. The van der Waals surface area contributed by atoms with Gasteiger partial charge in [-0.1, -0.05) is 37.3 Å². The van der Waals surface area contributed by atoms with E-state index in [1.54, 1.807) is 17.4 Å². The van der Waals surface area contributed by atoms with E-state index in [9.17, 15) is 4.79 Å². The van der Waals surface area contributed by atoms with Crippen LogP contribution in [0.15, 0.2) is 30.3 Å². The molecule has 0 aliphatic rings. The number of para-hydroxylation sites is 1. The van der Waals surface area contributed by atoms with Crippen LogP contribution < -0.4 is 5.32 Å². The number of fused-ring (bicyclic) bond motifs is 1. The molecule has 0 saturated carbocycles. The highest BCUT2D eigenvalue weighted by Gasteiger charge is 2.13. The number of rotatable bonds is 6. The van der Waals surface area contributed by atoms with Crippen molar-refractivity contribution in [2.24, 2.45) is 0 Å². The van der Waals surface area contributed by atoms with Crippen molar-refractivity contribution in [1.82, 2.24) is 15.2 Å². The zero-order chi connectivity index (χ0) is 16.9. The van der Waals surface area contributed by atoms with Crippen molar-refractivity contribution in [3.8, 4) is 0 Å². The number of nitrogens with zero attached hydrogens (tertiary/aromatic N) is 3. The first-order valence-corrected chi connectivity index (χ1v) is 9.51. The summed E-state index contributed by atoms with van der Waals surface area (Å²) >= 11 is 3.00. The van der Waals surface area contributed by atoms with Crippen molar-refractivity contribution in [3.05, 3.63) is 40.4 Å². The second-order valence-corrected chi connectivity index (χ2v) is 7.37. The van der Waals surface area contributed by atoms with E-state index in [-0.39, 0.29) is 5.91 Å². The molecule has 3 aromatic rings. The number of hydrogen-bond donors (Lipinski definition) is 1. The van der Waals surface area contributed by atoms with Gasteiger partial charge >= 0.3 is 0 Å². The number of nitrogens with one attached hydrogen (secondary N) is 1. The van der Waals surface area contributed by atoms with E-state index in [2.05, 4.69) is 34.3 Å². The van der Waals surface area contributed by atoms with Crippen molar-refractivity contribution >= 4 is 50.0 Å². The molecule has 0 spiro atoms. The summed E-state index contributed by atoms with van der Waals surface area (Å²) in [4.78, 5) is 16.5. The van der Waals surface area contributed by atoms with Gasteiger partial charge in [0.1, 0.15) is 10.0 Å². The van der Waals surface area contributed by atoms with Gasteiger partial charge in [-0.3, -0.25) is 10.1 Å². The molecule has 0 aliphatic heterocycles. The highest BCUT2D eigenvalue weighted by atomic mass is 32.1. The van der Waals surface area contributed by atoms with E-state index in [4.69, 9.17) is 0 Å². The minimum atomic E-state index is -0.221. The molecule has 2 heterocycles. The van der Waals surface area contributed by atoms with E-state index >= 15 is 0 Å². The molecule has 0 atom stereocenters. The summed E-state index contributed by atoms with van der Waals surface area (Å²) in [5, 5.41) is 13.3. The van der Waals surface area contributed by atoms with Crippen LogP contribution in [-0.4, -0.2) is 21.1 Å². The number of benzene rings is 1. The molecule has 0 saturated heterocycles. The lowest BCUT2D eigenvalue weighted by Crippen LogP contribution is -2.07. The smallest absolute Gasteiger partial charge is 0.250 e. The third-order valence-electron chi connectivity index (χ3n) is 3.69. The average molecular weight is 358 g/mol. The Morgan fingerprint density at radius 2 is 2.00 bits per heavy atom. The first-order valence-electron chi connectivity index (χ1n) is 7.87. The van der Waals surface area contributed by atoms with Crippen LogP contribution in [0.2, 0.25) is 0 Å². The number of amides is 1. The minimum Gasteiger partial charge on any atom is -0.297 e. The molecule has 7 heteroatoms. The third kappa shape index (κ3) is 3.85. The molecule has 0 unspecified atom stereocenters. The van der Waals surface area contributed by atoms with Gasteiger partial charge in [0.25, 0.3) is 0 Å². The SMILES string of the molecule is CCC(CC)c1nnc(NC(=O)C=Cc2nc3ccccc3s2)s1. The molecule has 1 N–H and O–H groups in total. The highest BCUT2D eigenvalue weighted by Crippen LogP contribution is 2.28. The predicted octanol–water partition coefficient (Wildman–Crippen LogP) is 4.70. The molecule has 24 heavy (non-hydrogen) atoms. The number of carbonyl (C=O) groups is 1. The minimum absolute atomic E-state index is 0.221. The molecule has 0 radical (unpaired) electrons. The maximum Gasteiger partial charge on any atom is 0.250 e. The lowest BCUT2D eigenvalue weighted by molar-refractivity contribution is -0.111. The lowest BCUT2D eigenvalue weighted by Gasteiger charge is -2.05. The van der Waals surface area contributed by atoms with Crippen molar-refractivity contribution < 1.29 is 4.79 Å². The topological polar surface area (TPSA) is 67.8 Å². The average Bonchev–Trinajstić information content (AvgIpc) is 3.20. The summed E-state index contributed by atoms with van der Waals surface area (Å²) in [6.45, 7) is 4.27. The number of carbonyl (C=O) groups excluding carboxylic acids is 1. The Bertz CT molecular complexity index is 831. The Kier molecular flexibility index (Phi) is 5.32. The van der Waals surface area contributed by atoms with Crippen LogP contribution in [0, 0.1) is 0 Å². The van der Waals surface area contributed by atoms with Crippen LogP contribution in [0.4, 0.5) is 5.13 Å². The maximum absolute atomic E-state index is 12.0. The Morgan fingerprint density at radius 3 is 2.75 bits per heavy atom. The third-order valence-corrected chi connectivity index (χ3v) is 5.70. The molecule has 2 aromatic heterocycles. The van der Waals surface area contributed by atoms with E-state index in [1.165, 1.54) is 17.4 Å². The molecule has 0 aliphatic carbocycles. The summed E-state index contributed by atoms with van der Waals surface area (Å²) in [6.07, 6.45) is 5.26. The fraction of sp³-hybridized carbons (Fsp3) is 0.294. The fourth-order valence-corrected chi connectivity index (χ4v) is 4.23. The largest absolute Gasteiger partial charge is 0.297 e. The Hall–Kier alpha value is -2.12. The number of hydrogen-bond acceptors (Lipinski definition) is 6. The van der Waals surface area contributed by atoms with Gasteiger partial charge in [-0.05, 0) is 31.1 Å². The first-order chi connectivity index (χ1) is 11.7. The van der Waals surface area contributed by atoms with Crippen molar-refractivity contribution in [3.63, 3.8) is 0 Å². The maximum atomic E-state index is 12.0. The van der Waals surface area contributed by atoms with Gasteiger partial charge in [-0.15, -0.1) is 21.5 Å². The van der Waals surface area contributed by atoms with Gasteiger partial charge in [0.05, 0.1) is 10.2 Å². The normalized spacial score (nSPS) is 11.6. The molecular formula is C17H18N4OS2. The van der Waals surface area contributed by atoms with Gasteiger partial charge < -0.3 is 0 Å². The Labute approximate surface area is 148 Å². The summed E-state index contributed by atoms with van der Waals surface area (Å²) < 4.78 is 1.11. The summed E-state index contributed by atoms with van der Waals surface area (Å²) in [7, 11) is 0. The monoisotopic (exact) mass is 358 g/mol. The zero-order valence-corrected chi connectivity index (χ0v) is 15.2. The van der Waals surface area contributed by atoms with Gasteiger partial charge in [0.2, 0.25) is 11.0 Å². The molecule has 5 nitrogen and oxygen atoms in total. The van der Waals surface area contributed by atoms with Crippen molar-refractivity contribution in [2.75, 3.05) is 5.32 Å². The second-order valence-electron chi connectivity index (χ2n) is 5.30. The molecule has 1 amide bonds. The van der Waals surface area contributed by atoms with Crippen LogP contribution in [0.25, 0.3) is 16.3 Å². The predicted molar refractivity (Wildman–Crippen MR) is 101 cm³/mol. The van der Waals surface area contributed by atoms with Gasteiger partial charge in [0, 0.05) is 12.0 Å². The molecule has 0 bridgehead atoms. The van der Waals surface area contributed by atoms with Gasteiger partial charge in [-0.25, -0.2) is 4.98 Å². The van der Waals surface area contributed by atoms with E-state index in [1.807, 2.05) is 24.3 Å². The quantitative estimate of drug-likeness (QED) is 0.648. The van der Waals surface area contributed by atoms with Gasteiger partial charge in [-0.2, -0.15) is 0 Å². The summed E-state index contributed by atoms with van der Waals surface area (Å²) in [5.41, 5.74) is 0.946. The molecule has 1 aromatic carbocycles. The first kappa shape index (κ1) is 16.7.